The largest absolute Gasteiger partial charge is 0.387 e. The van der Waals surface area contributed by atoms with Gasteiger partial charge in [-0.2, -0.15) is 0 Å². The maximum atomic E-state index is 12.1. The fourth-order valence-corrected chi connectivity index (χ4v) is 4.24. The van der Waals surface area contributed by atoms with E-state index in [9.17, 15) is 15.0 Å². The minimum Gasteiger partial charge on any atom is -0.387 e. The summed E-state index contributed by atoms with van der Waals surface area (Å²) in [7, 11) is 1.43. The molecule has 0 bridgehead atoms. The molecule has 0 spiro atoms. The van der Waals surface area contributed by atoms with E-state index in [0.29, 0.717) is 39.9 Å². The van der Waals surface area contributed by atoms with Crippen LogP contribution in [0.1, 0.15) is 11.8 Å². The number of imidazole rings is 1. The zero-order valence-electron chi connectivity index (χ0n) is 18.7. The van der Waals surface area contributed by atoms with Crippen LogP contribution in [0.4, 0.5) is 5.82 Å². The van der Waals surface area contributed by atoms with Crippen LogP contribution in [0.5, 0.6) is 0 Å². The second-order valence-electron chi connectivity index (χ2n) is 8.08. The number of aromatic nitrogens is 4. The fraction of sp³-hybridized carbons (Fsp3) is 0.250. The summed E-state index contributed by atoms with van der Waals surface area (Å²) in [6.07, 6.45) is -3.69. The van der Waals surface area contributed by atoms with Crippen LogP contribution >= 0.6 is 11.6 Å². The highest BCUT2D eigenvalue weighted by molar-refractivity contribution is 6.33. The van der Waals surface area contributed by atoms with Crippen LogP contribution < -0.4 is 10.6 Å². The summed E-state index contributed by atoms with van der Waals surface area (Å²) >= 11 is 6.42. The topological polar surface area (TPSA) is 134 Å². The van der Waals surface area contributed by atoms with Gasteiger partial charge in [-0.15, -0.1) is 0 Å². The number of aliphatic hydroxyl groups excluding tert-OH is 2. The Balaban J connectivity index is 1.59. The molecule has 4 unspecified atom stereocenters. The molecule has 1 amide bonds. The van der Waals surface area contributed by atoms with Crippen LogP contribution in [-0.2, 0) is 16.1 Å². The Morgan fingerprint density at radius 2 is 1.83 bits per heavy atom. The van der Waals surface area contributed by atoms with Crippen LogP contribution in [0, 0.1) is 0 Å². The first-order chi connectivity index (χ1) is 17.0. The van der Waals surface area contributed by atoms with Crippen molar-refractivity contribution in [2.24, 2.45) is 0 Å². The first kappa shape index (κ1) is 23.2. The normalized spacial score (nSPS) is 21.8. The van der Waals surface area contributed by atoms with Crippen molar-refractivity contribution >= 4 is 34.5 Å². The van der Waals surface area contributed by atoms with Gasteiger partial charge >= 0.3 is 0 Å². The van der Waals surface area contributed by atoms with Gasteiger partial charge < -0.3 is 25.6 Å². The molecule has 3 heterocycles. The lowest BCUT2D eigenvalue weighted by Crippen LogP contribution is -2.41. The van der Waals surface area contributed by atoms with E-state index in [1.807, 2.05) is 42.5 Å². The van der Waals surface area contributed by atoms with Crippen LogP contribution in [0.25, 0.3) is 22.6 Å². The van der Waals surface area contributed by atoms with E-state index >= 15 is 0 Å². The van der Waals surface area contributed by atoms with Gasteiger partial charge in [-0.3, -0.25) is 9.36 Å². The molecule has 180 valence electrons. The van der Waals surface area contributed by atoms with Crippen molar-refractivity contribution < 1.29 is 19.7 Å². The first-order valence-electron chi connectivity index (χ1n) is 11.0. The van der Waals surface area contributed by atoms with Gasteiger partial charge in [0.15, 0.2) is 35.1 Å². The SMILES string of the molecule is CNC(=O)C1OC(n2cnc3c(NCc4ccccc4)nc(-c4ccccc4Cl)nc32)C(O)C1O. The summed E-state index contributed by atoms with van der Waals surface area (Å²) in [6, 6.07) is 17.0. The van der Waals surface area contributed by atoms with Gasteiger partial charge in [0.1, 0.15) is 12.2 Å². The molecule has 4 atom stereocenters. The third-order valence-electron chi connectivity index (χ3n) is 5.86. The summed E-state index contributed by atoms with van der Waals surface area (Å²) in [6.45, 7) is 0.488. The lowest BCUT2D eigenvalue weighted by molar-refractivity contribution is -0.137. The number of benzene rings is 2. The van der Waals surface area contributed by atoms with Crippen LogP contribution in [0.2, 0.25) is 5.02 Å². The summed E-state index contributed by atoms with van der Waals surface area (Å²) in [5.41, 5.74) is 2.44. The summed E-state index contributed by atoms with van der Waals surface area (Å²) in [5, 5.41) is 27.3. The predicted molar refractivity (Wildman–Crippen MR) is 130 cm³/mol. The van der Waals surface area contributed by atoms with E-state index < -0.39 is 30.4 Å². The van der Waals surface area contributed by atoms with Crippen molar-refractivity contribution in [2.45, 2.75) is 31.1 Å². The van der Waals surface area contributed by atoms with E-state index in [0.717, 1.165) is 5.56 Å². The number of carbonyl (C=O) groups is 1. The summed E-state index contributed by atoms with van der Waals surface area (Å²) in [4.78, 5) is 25.9. The smallest absolute Gasteiger partial charge is 0.251 e. The third-order valence-corrected chi connectivity index (χ3v) is 6.19. The number of anilines is 1. The standard InChI is InChI=1S/C24H23ClN6O4/c1-26-23(34)19-17(32)18(33)24(35-19)31-12-28-16-21(27-11-13-7-3-2-4-8-13)29-20(30-22(16)31)14-9-5-6-10-15(14)25/h2-10,12,17-19,24,32-33H,11H2,1H3,(H,26,34)(H,27,29,30). The molecule has 4 N–H and O–H groups in total. The average molecular weight is 495 g/mol. The Kier molecular flexibility index (Phi) is 6.35. The molecular weight excluding hydrogens is 472 g/mol. The number of nitrogens with one attached hydrogen (secondary N) is 2. The Hall–Kier alpha value is -3.57. The monoisotopic (exact) mass is 494 g/mol. The lowest BCUT2D eigenvalue weighted by atomic mass is 10.1. The number of carbonyl (C=O) groups excluding carboxylic acids is 1. The number of rotatable bonds is 6. The number of likely N-dealkylation sites (N-methyl/N-ethyl adjacent to an activating group) is 1. The van der Waals surface area contributed by atoms with Crippen molar-refractivity contribution in [2.75, 3.05) is 12.4 Å². The minimum absolute atomic E-state index is 0.344. The Labute approximate surface area is 205 Å². The van der Waals surface area contributed by atoms with E-state index in [1.54, 1.807) is 12.1 Å². The fourth-order valence-electron chi connectivity index (χ4n) is 4.02. The third kappa shape index (κ3) is 4.32. The van der Waals surface area contributed by atoms with Gasteiger partial charge in [0, 0.05) is 19.2 Å². The number of fused-ring (bicyclic) bond motifs is 1. The number of nitrogens with zero attached hydrogens (tertiary/aromatic N) is 4. The second-order valence-corrected chi connectivity index (χ2v) is 8.49. The highest BCUT2D eigenvalue weighted by Gasteiger charge is 2.47. The Morgan fingerprint density at radius 1 is 1.09 bits per heavy atom. The molecule has 2 aromatic carbocycles. The van der Waals surface area contributed by atoms with Gasteiger partial charge in [-0.05, 0) is 17.7 Å². The van der Waals surface area contributed by atoms with Gasteiger partial charge in [-0.1, -0.05) is 54.1 Å². The van der Waals surface area contributed by atoms with Crippen molar-refractivity contribution in [1.82, 2.24) is 24.8 Å². The maximum absolute atomic E-state index is 12.1. The number of ether oxygens (including phenoxy) is 1. The van der Waals surface area contributed by atoms with Gasteiger partial charge in [-0.25, -0.2) is 15.0 Å². The Morgan fingerprint density at radius 3 is 2.57 bits per heavy atom. The van der Waals surface area contributed by atoms with E-state index in [2.05, 4.69) is 25.6 Å². The van der Waals surface area contributed by atoms with Crippen molar-refractivity contribution in [3.8, 4) is 11.4 Å². The molecule has 1 aliphatic heterocycles. The highest BCUT2D eigenvalue weighted by atomic mass is 35.5. The van der Waals surface area contributed by atoms with E-state index in [-0.39, 0.29) is 0 Å². The summed E-state index contributed by atoms with van der Waals surface area (Å²) in [5.74, 6) is 0.264. The zero-order chi connectivity index (χ0) is 24.5. The molecule has 1 fully saturated rings. The molecule has 0 saturated carbocycles. The quantitative estimate of drug-likeness (QED) is 0.320. The van der Waals surface area contributed by atoms with Gasteiger partial charge in [0.2, 0.25) is 0 Å². The van der Waals surface area contributed by atoms with Crippen LogP contribution in [-0.4, -0.2) is 61.0 Å². The minimum atomic E-state index is -1.42. The molecule has 10 nitrogen and oxygen atoms in total. The maximum Gasteiger partial charge on any atom is 0.251 e. The molecule has 0 aliphatic carbocycles. The summed E-state index contributed by atoms with van der Waals surface area (Å²) < 4.78 is 7.22. The number of hydrogen-bond donors (Lipinski definition) is 4. The Bertz CT molecular complexity index is 1360. The molecule has 35 heavy (non-hydrogen) atoms. The number of amides is 1. The average Bonchev–Trinajstić information content (AvgIpc) is 3.43. The van der Waals surface area contributed by atoms with Crippen molar-refractivity contribution in [1.29, 1.82) is 0 Å². The molecule has 0 radical (unpaired) electrons. The van der Waals surface area contributed by atoms with E-state index in [1.165, 1.54) is 17.9 Å². The molecule has 11 heteroatoms. The zero-order valence-corrected chi connectivity index (χ0v) is 19.4. The van der Waals surface area contributed by atoms with Gasteiger partial charge in [0.25, 0.3) is 5.91 Å². The highest BCUT2D eigenvalue weighted by Crippen LogP contribution is 2.34. The van der Waals surface area contributed by atoms with Crippen molar-refractivity contribution in [3.05, 3.63) is 71.5 Å². The molecule has 1 saturated heterocycles. The van der Waals surface area contributed by atoms with Gasteiger partial charge in [0.05, 0.1) is 11.3 Å². The second kappa shape index (κ2) is 9.59. The molecule has 4 aromatic rings. The predicted octanol–water partition coefficient (Wildman–Crippen LogP) is 2.12. The molecular formula is C24H23ClN6O4. The molecule has 5 rings (SSSR count). The number of halogens is 1. The lowest BCUT2D eigenvalue weighted by Gasteiger charge is -2.17. The number of hydrogen-bond acceptors (Lipinski definition) is 8. The molecule has 2 aromatic heterocycles. The van der Waals surface area contributed by atoms with Crippen LogP contribution in [0.15, 0.2) is 60.9 Å². The first-order valence-corrected chi connectivity index (χ1v) is 11.4. The van der Waals surface area contributed by atoms with E-state index in [4.69, 9.17) is 16.3 Å². The molecule has 1 aliphatic rings. The van der Waals surface area contributed by atoms with Crippen molar-refractivity contribution in [3.63, 3.8) is 0 Å². The number of aliphatic hydroxyl groups is 2. The van der Waals surface area contributed by atoms with Crippen LogP contribution in [0.3, 0.4) is 0 Å².